The van der Waals surface area contributed by atoms with Gasteiger partial charge in [0, 0.05) is 11.4 Å². The average molecular weight is 284 g/mol. The summed E-state index contributed by atoms with van der Waals surface area (Å²) in [5, 5.41) is 12.2. The number of benzene rings is 1. The smallest absolute Gasteiger partial charge is 0.326 e. The van der Waals surface area contributed by atoms with Crippen molar-refractivity contribution < 1.29 is 14.7 Å². The van der Waals surface area contributed by atoms with E-state index in [4.69, 9.17) is 16.7 Å². The molecular weight excluding hydrogens is 266 g/mol. The lowest BCUT2D eigenvalue weighted by Crippen LogP contribution is -2.44. The molecular formula is C14H18ClNO3. The normalized spacial score (nSPS) is 12.2. The van der Waals surface area contributed by atoms with Crippen molar-refractivity contribution >= 4 is 23.5 Å². The Labute approximate surface area is 117 Å². The topological polar surface area (TPSA) is 66.4 Å². The van der Waals surface area contributed by atoms with Gasteiger partial charge in [-0.15, -0.1) is 0 Å². The fraction of sp³-hybridized carbons (Fsp3) is 0.429. The molecule has 0 fully saturated rings. The molecule has 19 heavy (non-hydrogen) atoms. The molecule has 1 aromatic carbocycles. The highest BCUT2D eigenvalue weighted by atomic mass is 35.5. The van der Waals surface area contributed by atoms with Gasteiger partial charge in [0.15, 0.2) is 0 Å². The second-order valence-corrected chi connectivity index (χ2v) is 5.19. The minimum Gasteiger partial charge on any atom is -0.480 e. The summed E-state index contributed by atoms with van der Waals surface area (Å²) >= 11 is 5.77. The number of aryl methyl sites for hydroxylation is 1. The summed E-state index contributed by atoms with van der Waals surface area (Å²) in [4.78, 5) is 22.7. The van der Waals surface area contributed by atoms with E-state index in [2.05, 4.69) is 5.32 Å². The van der Waals surface area contributed by atoms with Crippen LogP contribution in [0, 0.1) is 5.92 Å². The highest BCUT2D eigenvalue weighted by Gasteiger charge is 2.22. The Morgan fingerprint density at radius 3 is 2.32 bits per heavy atom. The number of carbonyl (C=O) groups excluding carboxylic acids is 1. The maximum Gasteiger partial charge on any atom is 0.326 e. The van der Waals surface area contributed by atoms with Gasteiger partial charge in [-0.25, -0.2) is 4.79 Å². The van der Waals surface area contributed by atoms with Crippen molar-refractivity contribution in [1.82, 2.24) is 5.32 Å². The van der Waals surface area contributed by atoms with Gasteiger partial charge in [0.2, 0.25) is 5.91 Å². The largest absolute Gasteiger partial charge is 0.480 e. The van der Waals surface area contributed by atoms with E-state index in [1.54, 1.807) is 26.0 Å². The molecule has 0 saturated carbocycles. The van der Waals surface area contributed by atoms with Crippen molar-refractivity contribution in [3.8, 4) is 0 Å². The molecule has 1 atom stereocenters. The van der Waals surface area contributed by atoms with Crippen molar-refractivity contribution in [3.05, 3.63) is 34.9 Å². The fourth-order valence-electron chi connectivity index (χ4n) is 1.67. The predicted molar refractivity (Wildman–Crippen MR) is 74.2 cm³/mol. The van der Waals surface area contributed by atoms with Crippen LogP contribution in [0.25, 0.3) is 0 Å². The molecule has 4 nitrogen and oxygen atoms in total. The number of halogens is 1. The summed E-state index contributed by atoms with van der Waals surface area (Å²) in [5.41, 5.74) is 0.996. The zero-order valence-corrected chi connectivity index (χ0v) is 11.8. The number of rotatable bonds is 6. The molecule has 1 aromatic rings. The SMILES string of the molecule is CC(C)[C@@H](NC(=O)CCc1ccc(Cl)cc1)C(=O)O. The fourth-order valence-corrected chi connectivity index (χ4v) is 1.79. The molecule has 0 aliphatic rings. The first-order valence-corrected chi connectivity index (χ1v) is 6.54. The second kappa shape index (κ2) is 7.14. The molecule has 0 unspecified atom stereocenters. The van der Waals surface area contributed by atoms with Gasteiger partial charge in [0.1, 0.15) is 6.04 Å². The van der Waals surface area contributed by atoms with Gasteiger partial charge in [-0.1, -0.05) is 37.6 Å². The maximum absolute atomic E-state index is 11.7. The summed E-state index contributed by atoms with van der Waals surface area (Å²) in [5.74, 6) is -1.40. The van der Waals surface area contributed by atoms with Crippen LogP contribution in [0.2, 0.25) is 5.02 Å². The van der Waals surface area contributed by atoms with Crippen molar-refractivity contribution in [2.75, 3.05) is 0 Å². The number of carboxylic acid groups (broad SMARTS) is 1. The second-order valence-electron chi connectivity index (χ2n) is 4.75. The number of aliphatic carboxylic acids is 1. The molecule has 0 spiro atoms. The van der Waals surface area contributed by atoms with E-state index in [1.807, 2.05) is 12.1 Å². The van der Waals surface area contributed by atoms with Crippen LogP contribution in [0.3, 0.4) is 0 Å². The molecule has 0 aromatic heterocycles. The Morgan fingerprint density at radius 1 is 1.26 bits per heavy atom. The van der Waals surface area contributed by atoms with E-state index in [0.717, 1.165) is 5.56 Å². The molecule has 0 bridgehead atoms. The van der Waals surface area contributed by atoms with E-state index in [0.29, 0.717) is 11.4 Å². The lowest BCUT2D eigenvalue weighted by molar-refractivity contribution is -0.143. The Kier molecular flexibility index (Phi) is 5.83. The van der Waals surface area contributed by atoms with E-state index >= 15 is 0 Å². The lowest BCUT2D eigenvalue weighted by atomic mass is 10.0. The number of hydrogen-bond donors (Lipinski definition) is 2. The van der Waals surface area contributed by atoms with Gasteiger partial charge in [0.05, 0.1) is 0 Å². The molecule has 5 heteroatoms. The zero-order chi connectivity index (χ0) is 14.4. The molecule has 0 aliphatic carbocycles. The molecule has 0 aliphatic heterocycles. The molecule has 2 N–H and O–H groups in total. The number of nitrogens with one attached hydrogen (secondary N) is 1. The predicted octanol–water partition coefficient (Wildman–Crippen LogP) is 2.50. The molecule has 0 saturated heterocycles. The minimum atomic E-state index is -1.00. The monoisotopic (exact) mass is 283 g/mol. The van der Waals surface area contributed by atoms with E-state index in [-0.39, 0.29) is 18.2 Å². The Balaban J connectivity index is 2.47. The van der Waals surface area contributed by atoms with Crippen LogP contribution in [0.15, 0.2) is 24.3 Å². The van der Waals surface area contributed by atoms with Crippen LogP contribution in [0.1, 0.15) is 25.8 Å². The highest BCUT2D eigenvalue weighted by Crippen LogP contribution is 2.11. The van der Waals surface area contributed by atoms with E-state index in [9.17, 15) is 9.59 Å². The van der Waals surface area contributed by atoms with Crippen LogP contribution >= 0.6 is 11.6 Å². The summed E-state index contributed by atoms with van der Waals surface area (Å²) in [7, 11) is 0. The molecule has 104 valence electrons. The van der Waals surface area contributed by atoms with E-state index in [1.165, 1.54) is 0 Å². The molecule has 0 heterocycles. The third-order valence-electron chi connectivity index (χ3n) is 2.80. The number of hydrogen-bond acceptors (Lipinski definition) is 2. The first kappa shape index (κ1) is 15.5. The van der Waals surface area contributed by atoms with Crippen molar-refractivity contribution in [1.29, 1.82) is 0 Å². The van der Waals surface area contributed by atoms with Crippen molar-refractivity contribution in [2.45, 2.75) is 32.7 Å². The van der Waals surface area contributed by atoms with Crippen LogP contribution < -0.4 is 5.32 Å². The summed E-state index contributed by atoms with van der Waals surface area (Å²) < 4.78 is 0. The van der Waals surface area contributed by atoms with Gasteiger partial charge >= 0.3 is 5.97 Å². The average Bonchev–Trinajstić information content (AvgIpc) is 2.34. The van der Waals surface area contributed by atoms with Gasteiger partial charge < -0.3 is 10.4 Å². The molecule has 1 amide bonds. The minimum absolute atomic E-state index is 0.142. The number of carboxylic acids is 1. The first-order chi connectivity index (χ1) is 8.90. The van der Waals surface area contributed by atoms with Gasteiger partial charge in [-0.2, -0.15) is 0 Å². The third kappa shape index (κ3) is 5.30. The Bertz CT molecular complexity index is 443. The van der Waals surface area contributed by atoms with Crippen LogP contribution in [-0.2, 0) is 16.0 Å². The standard InChI is InChI=1S/C14H18ClNO3/c1-9(2)13(14(18)19)16-12(17)8-5-10-3-6-11(15)7-4-10/h3-4,6-7,9,13H,5,8H2,1-2H3,(H,16,17)(H,18,19)/t13-/m1/s1. The summed E-state index contributed by atoms with van der Waals surface area (Å²) in [6, 6.07) is 6.41. The summed E-state index contributed by atoms with van der Waals surface area (Å²) in [6.45, 7) is 3.52. The van der Waals surface area contributed by atoms with Crippen molar-refractivity contribution in [3.63, 3.8) is 0 Å². The lowest BCUT2D eigenvalue weighted by Gasteiger charge is -2.17. The van der Waals surface area contributed by atoms with Gasteiger partial charge in [-0.3, -0.25) is 4.79 Å². The Hall–Kier alpha value is -1.55. The highest BCUT2D eigenvalue weighted by molar-refractivity contribution is 6.30. The van der Waals surface area contributed by atoms with Gasteiger partial charge in [0.25, 0.3) is 0 Å². The zero-order valence-electron chi connectivity index (χ0n) is 11.0. The van der Waals surface area contributed by atoms with Crippen LogP contribution in [-0.4, -0.2) is 23.0 Å². The van der Waals surface area contributed by atoms with Crippen LogP contribution in [0.4, 0.5) is 0 Å². The molecule has 0 radical (unpaired) electrons. The third-order valence-corrected chi connectivity index (χ3v) is 3.06. The van der Waals surface area contributed by atoms with Gasteiger partial charge in [-0.05, 0) is 30.0 Å². The quantitative estimate of drug-likeness (QED) is 0.843. The maximum atomic E-state index is 11.7. The number of carbonyl (C=O) groups is 2. The van der Waals surface area contributed by atoms with Crippen molar-refractivity contribution in [2.24, 2.45) is 5.92 Å². The summed E-state index contributed by atoms with van der Waals surface area (Å²) in [6.07, 6.45) is 0.825. The number of amides is 1. The first-order valence-electron chi connectivity index (χ1n) is 6.16. The Morgan fingerprint density at radius 2 is 1.84 bits per heavy atom. The molecule has 1 rings (SSSR count). The van der Waals surface area contributed by atoms with E-state index < -0.39 is 12.0 Å². The van der Waals surface area contributed by atoms with Crippen LogP contribution in [0.5, 0.6) is 0 Å².